The summed E-state index contributed by atoms with van der Waals surface area (Å²) in [4.78, 5) is 0. The van der Waals surface area contributed by atoms with Crippen molar-refractivity contribution in [2.75, 3.05) is 23.7 Å². The summed E-state index contributed by atoms with van der Waals surface area (Å²) in [6.45, 7) is 6.42. The van der Waals surface area contributed by atoms with Gasteiger partial charge < -0.3 is 20.8 Å². The number of benzene rings is 4. The first-order valence-corrected chi connectivity index (χ1v) is 26.9. The summed E-state index contributed by atoms with van der Waals surface area (Å²) in [6.07, 6.45) is 44.5. The summed E-state index contributed by atoms with van der Waals surface area (Å²) in [5.41, 5.74) is 5.57. The molecule has 5 heteroatoms. The van der Waals surface area contributed by atoms with Crippen molar-refractivity contribution in [2.24, 2.45) is 0 Å². The topological polar surface area (TPSA) is 64.5 Å². The van der Waals surface area contributed by atoms with Crippen LogP contribution in [0.4, 0.5) is 11.4 Å². The minimum absolute atomic E-state index is 0. The first kappa shape index (κ1) is 57.8. The smallest absolute Gasteiger partial charge is 0.146 e. The van der Waals surface area contributed by atoms with E-state index in [1.165, 1.54) is 193 Å². The Hall–Kier alpha value is -3.30. The van der Waals surface area contributed by atoms with Crippen molar-refractivity contribution in [1.82, 2.24) is 0 Å². The number of aromatic hydroxyl groups is 2. The first-order chi connectivity index (χ1) is 31.7. The Morgan fingerprint density at radius 1 is 0.292 bits per heavy atom. The minimum Gasteiger partial charge on any atom is -0.505 e. The summed E-state index contributed by atoms with van der Waals surface area (Å²) < 4.78 is 0. The molecule has 0 aliphatic heterocycles. The van der Waals surface area contributed by atoms with Crippen LogP contribution in [0, 0.1) is 0 Å². The van der Waals surface area contributed by atoms with Crippen molar-refractivity contribution in [2.45, 2.75) is 219 Å². The molecule has 4 N–H and O–H groups in total. The third-order valence-corrected chi connectivity index (χ3v) is 12.9. The molecule has 0 atom stereocenters. The van der Waals surface area contributed by atoms with E-state index in [2.05, 4.69) is 24.5 Å². The van der Waals surface area contributed by atoms with Crippen LogP contribution in [0.2, 0.25) is 0 Å². The molecular formula is C60H94N2O2Zn. The van der Waals surface area contributed by atoms with E-state index >= 15 is 0 Å². The van der Waals surface area contributed by atoms with Crippen LogP contribution in [0.5, 0.6) is 11.5 Å². The van der Waals surface area contributed by atoms with Gasteiger partial charge in [-0.05, 0) is 36.1 Å². The van der Waals surface area contributed by atoms with Crippen LogP contribution in [-0.2, 0) is 19.5 Å². The minimum atomic E-state index is 0. The Balaban J connectivity index is 0.000000440. The number of nitrogens with one attached hydrogen (secondary N) is 2. The molecule has 0 heterocycles. The molecule has 0 aliphatic carbocycles. The summed E-state index contributed by atoms with van der Waals surface area (Å²) in [6, 6.07) is 32.1. The Morgan fingerprint density at radius 3 is 0.800 bits per heavy atom. The molecule has 4 nitrogen and oxygen atoms in total. The van der Waals surface area contributed by atoms with Crippen molar-refractivity contribution in [3.8, 4) is 33.8 Å². The van der Waals surface area contributed by atoms with E-state index in [1.54, 1.807) is 0 Å². The average molecular weight is 941 g/mol. The molecule has 0 saturated heterocycles. The van der Waals surface area contributed by atoms with Crippen molar-refractivity contribution in [3.05, 3.63) is 97.1 Å². The third-order valence-electron chi connectivity index (χ3n) is 12.9. The van der Waals surface area contributed by atoms with E-state index < -0.39 is 0 Å². The monoisotopic (exact) mass is 939 g/mol. The molecule has 4 aromatic carbocycles. The largest absolute Gasteiger partial charge is 0.505 e. The molecule has 0 aliphatic rings. The molecule has 4 aromatic rings. The zero-order chi connectivity index (χ0) is 45.4. The van der Waals surface area contributed by atoms with Crippen LogP contribution >= 0.6 is 0 Å². The molecule has 0 saturated carbocycles. The van der Waals surface area contributed by atoms with E-state index in [-0.39, 0.29) is 19.5 Å². The maximum Gasteiger partial charge on any atom is 0.146 e. The third kappa shape index (κ3) is 27.8. The number of para-hydroxylation sites is 2. The van der Waals surface area contributed by atoms with E-state index in [1.807, 2.05) is 97.1 Å². The van der Waals surface area contributed by atoms with Gasteiger partial charge in [0.15, 0.2) is 0 Å². The van der Waals surface area contributed by atoms with Crippen LogP contribution in [0.3, 0.4) is 0 Å². The van der Waals surface area contributed by atoms with Crippen LogP contribution in [-0.4, -0.2) is 23.3 Å². The van der Waals surface area contributed by atoms with Crippen LogP contribution in [0.25, 0.3) is 22.3 Å². The zero-order valence-electron chi connectivity index (χ0n) is 41.9. The molecule has 0 fully saturated rings. The molecule has 0 unspecified atom stereocenters. The molecule has 4 rings (SSSR count). The Labute approximate surface area is 412 Å². The van der Waals surface area contributed by atoms with Crippen LogP contribution in [0.1, 0.15) is 219 Å². The van der Waals surface area contributed by atoms with Gasteiger partial charge >= 0.3 is 0 Å². The van der Waals surface area contributed by atoms with Gasteiger partial charge in [-0.3, -0.25) is 0 Å². The van der Waals surface area contributed by atoms with Crippen LogP contribution in [0.15, 0.2) is 97.1 Å². The molecule has 0 amide bonds. The van der Waals surface area contributed by atoms with Gasteiger partial charge in [-0.25, -0.2) is 0 Å². The number of rotatable bonds is 38. The molecule has 0 aromatic heterocycles. The maximum atomic E-state index is 10.6. The van der Waals surface area contributed by atoms with Gasteiger partial charge in [-0.2, -0.15) is 0 Å². The second-order valence-corrected chi connectivity index (χ2v) is 18.6. The Kier molecular flexibility index (Phi) is 36.4. The number of hydrogen-bond acceptors (Lipinski definition) is 4. The summed E-state index contributed by atoms with van der Waals surface area (Å²) in [7, 11) is 0. The van der Waals surface area contributed by atoms with Gasteiger partial charge in [0.05, 0.1) is 11.4 Å². The van der Waals surface area contributed by atoms with Gasteiger partial charge in [0.1, 0.15) is 11.5 Å². The average Bonchev–Trinajstić information content (AvgIpc) is 3.32. The van der Waals surface area contributed by atoms with E-state index in [4.69, 9.17) is 0 Å². The SMILES string of the molecule is CCCCCCCCCCCCCCCCCCNc1cccc(-c2ccccc2)c1O.CCCCCCCCCCCCCCCCCCNc1cccc(-c2ccccc2)c1O.[Zn]. The van der Waals surface area contributed by atoms with Crippen molar-refractivity contribution in [1.29, 1.82) is 0 Å². The molecule has 0 spiro atoms. The summed E-state index contributed by atoms with van der Waals surface area (Å²) >= 11 is 0. The van der Waals surface area contributed by atoms with Crippen molar-refractivity contribution in [3.63, 3.8) is 0 Å². The fourth-order valence-electron chi connectivity index (χ4n) is 8.87. The van der Waals surface area contributed by atoms with E-state index in [0.29, 0.717) is 11.5 Å². The zero-order valence-corrected chi connectivity index (χ0v) is 44.8. The molecular weight excluding hydrogens is 846 g/mol. The van der Waals surface area contributed by atoms with Gasteiger partial charge in [0, 0.05) is 43.7 Å². The number of unbranched alkanes of at least 4 members (excludes halogenated alkanes) is 30. The molecule has 65 heavy (non-hydrogen) atoms. The summed E-state index contributed by atoms with van der Waals surface area (Å²) in [5.74, 6) is 0.713. The second kappa shape index (κ2) is 40.9. The predicted molar refractivity (Wildman–Crippen MR) is 283 cm³/mol. The second-order valence-electron chi connectivity index (χ2n) is 18.6. The number of hydrogen-bond donors (Lipinski definition) is 4. The van der Waals surface area contributed by atoms with Gasteiger partial charge in [0.2, 0.25) is 0 Å². The molecule has 0 radical (unpaired) electrons. The number of phenolic OH excluding ortho intramolecular Hbond substituents is 2. The fraction of sp³-hybridized carbons (Fsp3) is 0.600. The summed E-state index contributed by atoms with van der Waals surface area (Å²) in [5, 5.41) is 28.1. The maximum absolute atomic E-state index is 10.6. The van der Waals surface area contributed by atoms with E-state index in [0.717, 1.165) is 59.6 Å². The molecule has 358 valence electrons. The Morgan fingerprint density at radius 2 is 0.538 bits per heavy atom. The van der Waals surface area contributed by atoms with Gasteiger partial charge in [-0.1, -0.05) is 291 Å². The van der Waals surface area contributed by atoms with Crippen molar-refractivity contribution >= 4 is 11.4 Å². The standard InChI is InChI=1S/2C30H47NO.Zn/c2*1-2-3-4-5-6-7-8-9-10-11-12-13-14-15-16-20-26-31-29-25-21-24-28(30(29)32)27-22-18-17-19-23-27;/h2*17-19,21-25,31-32H,2-16,20,26H2,1H3;. The predicted octanol–water partition coefficient (Wildman–Crippen LogP) is 19.5. The number of anilines is 2. The van der Waals surface area contributed by atoms with Gasteiger partial charge in [0.25, 0.3) is 0 Å². The normalized spacial score (nSPS) is 10.9. The van der Waals surface area contributed by atoms with Gasteiger partial charge in [-0.15, -0.1) is 0 Å². The fourth-order valence-corrected chi connectivity index (χ4v) is 8.87. The number of phenols is 2. The van der Waals surface area contributed by atoms with Crippen LogP contribution < -0.4 is 10.6 Å². The quantitative estimate of drug-likeness (QED) is 0.0205. The first-order valence-electron chi connectivity index (χ1n) is 26.9. The Bertz CT molecular complexity index is 1520. The molecule has 0 bridgehead atoms. The van der Waals surface area contributed by atoms with Crippen molar-refractivity contribution < 1.29 is 29.7 Å². The van der Waals surface area contributed by atoms with E-state index in [9.17, 15) is 10.2 Å².